The molecule has 0 amide bonds. The number of benzene rings is 2. The second kappa shape index (κ2) is 8.53. The fraction of sp³-hybridized carbons (Fsp3) is 0.368. The maximum Gasteiger partial charge on any atom is 0.230 e. The Balaban J connectivity index is 1.88. The zero-order valence-corrected chi connectivity index (χ0v) is 16.2. The van der Waals surface area contributed by atoms with Gasteiger partial charge in [-0.05, 0) is 37.7 Å². The van der Waals surface area contributed by atoms with Gasteiger partial charge in [-0.3, -0.25) is 4.31 Å². The maximum absolute atomic E-state index is 13.3. The average molecular weight is 375 g/mol. The standard InChI is InChI=1S/C19H25N3O3S/c1-20-14-17(25-3)11-12-21-18-9-4-5-10-19(18)22(26(21)23)15-7-6-8-16(13-15)24-2/h4-10,13,17,20H,11-12,14H2,1-3H3. The van der Waals surface area contributed by atoms with Crippen LogP contribution in [0.25, 0.3) is 0 Å². The second-order valence-corrected chi connectivity index (χ2v) is 7.29. The van der Waals surface area contributed by atoms with Gasteiger partial charge in [0.05, 0.1) is 30.3 Å². The molecule has 140 valence electrons. The Kier molecular flexibility index (Phi) is 6.13. The van der Waals surface area contributed by atoms with Crippen LogP contribution in [-0.4, -0.2) is 44.7 Å². The monoisotopic (exact) mass is 375 g/mol. The molecule has 0 saturated carbocycles. The van der Waals surface area contributed by atoms with E-state index in [0.717, 1.165) is 35.8 Å². The summed E-state index contributed by atoms with van der Waals surface area (Å²) < 4.78 is 27.9. The van der Waals surface area contributed by atoms with Gasteiger partial charge < -0.3 is 14.8 Å². The third kappa shape index (κ3) is 3.70. The highest BCUT2D eigenvalue weighted by Gasteiger charge is 2.34. The number of nitrogens with zero attached hydrogens (tertiary/aromatic N) is 2. The molecule has 1 N–H and O–H groups in total. The van der Waals surface area contributed by atoms with Crippen LogP contribution in [0, 0.1) is 0 Å². The molecule has 3 rings (SSSR count). The fourth-order valence-electron chi connectivity index (χ4n) is 3.07. The van der Waals surface area contributed by atoms with E-state index in [1.807, 2.05) is 64.2 Å². The van der Waals surface area contributed by atoms with Gasteiger partial charge in [0.1, 0.15) is 5.75 Å². The lowest BCUT2D eigenvalue weighted by Crippen LogP contribution is -2.34. The Labute approximate surface area is 157 Å². The van der Waals surface area contributed by atoms with Crippen molar-refractivity contribution in [1.82, 2.24) is 5.32 Å². The second-order valence-electron chi connectivity index (χ2n) is 6.02. The third-order valence-electron chi connectivity index (χ3n) is 4.42. The van der Waals surface area contributed by atoms with Gasteiger partial charge >= 0.3 is 0 Å². The highest BCUT2D eigenvalue weighted by atomic mass is 32.2. The summed E-state index contributed by atoms with van der Waals surface area (Å²) in [5.74, 6) is 0.740. The lowest BCUT2D eigenvalue weighted by molar-refractivity contribution is 0.0985. The molecule has 0 bridgehead atoms. The van der Waals surface area contributed by atoms with Gasteiger partial charge in [0.15, 0.2) is 0 Å². The van der Waals surface area contributed by atoms with Crippen molar-refractivity contribution in [2.75, 3.05) is 43.0 Å². The van der Waals surface area contributed by atoms with E-state index in [1.165, 1.54) is 0 Å². The number of ether oxygens (including phenoxy) is 2. The lowest BCUT2D eigenvalue weighted by Gasteiger charge is -2.22. The molecule has 0 radical (unpaired) electrons. The first-order valence-electron chi connectivity index (χ1n) is 8.59. The van der Waals surface area contributed by atoms with Crippen molar-refractivity contribution in [3.05, 3.63) is 48.5 Å². The van der Waals surface area contributed by atoms with Crippen LogP contribution in [0.15, 0.2) is 48.5 Å². The number of rotatable bonds is 8. The molecule has 7 heteroatoms. The third-order valence-corrected chi connectivity index (χ3v) is 5.90. The minimum Gasteiger partial charge on any atom is -0.497 e. The summed E-state index contributed by atoms with van der Waals surface area (Å²) in [6.45, 7) is 1.41. The summed E-state index contributed by atoms with van der Waals surface area (Å²) >= 11 is -1.34. The van der Waals surface area contributed by atoms with Gasteiger partial charge in [0, 0.05) is 26.3 Å². The largest absolute Gasteiger partial charge is 0.497 e. The van der Waals surface area contributed by atoms with Crippen LogP contribution in [0.4, 0.5) is 17.1 Å². The molecule has 0 fully saturated rings. The molecule has 1 aliphatic heterocycles. The van der Waals surface area contributed by atoms with Gasteiger partial charge in [0.2, 0.25) is 11.2 Å². The summed E-state index contributed by atoms with van der Waals surface area (Å²) in [5, 5.41) is 3.13. The predicted molar refractivity (Wildman–Crippen MR) is 106 cm³/mol. The molecule has 0 aromatic heterocycles. The zero-order chi connectivity index (χ0) is 18.5. The van der Waals surface area contributed by atoms with Crippen molar-refractivity contribution in [2.24, 2.45) is 0 Å². The van der Waals surface area contributed by atoms with Gasteiger partial charge in [0.25, 0.3) is 0 Å². The van der Waals surface area contributed by atoms with Crippen molar-refractivity contribution in [3.8, 4) is 5.75 Å². The first-order valence-corrected chi connectivity index (χ1v) is 9.66. The minimum atomic E-state index is -1.34. The molecule has 26 heavy (non-hydrogen) atoms. The molecule has 0 aliphatic carbocycles. The lowest BCUT2D eigenvalue weighted by atomic mass is 10.2. The average Bonchev–Trinajstić information content (AvgIpc) is 2.96. The summed E-state index contributed by atoms with van der Waals surface area (Å²) in [6.07, 6.45) is 0.860. The van der Waals surface area contributed by atoms with Crippen molar-refractivity contribution in [2.45, 2.75) is 12.5 Å². The molecular formula is C19H25N3O3S. The van der Waals surface area contributed by atoms with Crippen LogP contribution in [0.1, 0.15) is 6.42 Å². The van der Waals surface area contributed by atoms with E-state index in [0.29, 0.717) is 6.54 Å². The van der Waals surface area contributed by atoms with Gasteiger partial charge in [-0.1, -0.05) is 18.2 Å². The number of fused-ring (bicyclic) bond motifs is 1. The number of nitrogens with one attached hydrogen (secondary N) is 1. The number of hydrogen-bond donors (Lipinski definition) is 1. The summed E-state index contributed by atoms with van der Waals surface area (Å²) in [5.41, 5.74) is 2.74. The van der Waals surface area contributed by atoms with Crippen molar-refractivity contribution < 1.29 is 13.7 Å². The van der Waals surface area contributed by atoms with E-state index in [1.54, 1.807) is 14.2 Å². The van der Waals surface area contributed by atoms with Gasteiger partial charge in [-0.25, -0.2) is 8.51 Å². The Morgan fingerprint density at radius 1 is 1.12 bits per heavy atom. The minimum absolute atomic E-state index is 0.0787. The normalized spacial score (nSPS) is 17.3. The quantitative estimate of drug-likeness (QED) is 0.771. The van der Waals surface area contributed by atoms with E-state index < -0.39 is 11.2 Å². The van der Waals surface area contributed by atoms with E-state index >= 15 is 0 Å². The van der Waals surface area contributed by atoms with Gasteiger partial charge in [-0.2, -0.15) is 0 Å². The first-order chi connectivity index (χ1) is 12.7. The van der Waals surface area contributed by atoms with Crippen LogP contribution in [0.2, 0.25) is 0 Å². The highest BCUT2D eigenvalue weighted by Crippen LogP contribution is 2.43. The number of likely N-dealkylation sites (N-methyl/N-ethyl adjacent to an activating group) is 1. The smallest absolute Gasteiger partial charge is 0.230 e. The molecule has 0 saturated heterocycles. The first kappa shape index (κ1) is 18.7. The summed E-state index contributed by atoms with van der Waals surface area (Å²) in [7, 11) is 5.24. The Hall–Kier alpha value is -2.09. The SMILES string of the molecule is CNCC(CCN1c2ccccc2N(c2cccc(OC)c2)S1=O)OC. The highest BCUT2D eigenvalue weighted by molar-refractivity contribution is 7.88. The van der Waals surface area contributed by atoms with Crippen LogP contribution < -0.4 is 18.7 Å². The molecule has 0 spiro atoms. The predicted octanol–water partition coefficient (Wildman–Crippen LogP) is 2.86. The van der Waals surface area contributed by atoms with E-state index in [9.17, 15) is 4.21 Å². The van der Waals surface area contributed by atoms with Crippen molar-refractivity contribution >= 4 is 28.2 Å². The van der Waals surface area contributed by atoms with Crippen molar-refractivity contribution in [1.29, 1.82) is 0 Å². The molecule has 6 nitrogen and oxygen atoms in total. The van der Waals surface area contributed by atoms with Crippen LogP contribution in [0.3, 0.4) is 0 Å². The molecule has 2 aromatic carbocycles. The van der Waals surface area contributed by atoms with Crippen LogP contribution in [-0.2, 0) is 15.9 Å². The summed E-state index contributed by atoms with van der Waals surface area (Å²) in [6, 6.07) is 15.6. The number of para-hydroxylation sites is 2. The molecular weight excluding hydrogens is 350 g/mol. The van der Waals surface area contributed by atoms with E-state index in [-0.39, 0.29) is 6.10 Å². The van der Waals surface area contributed by atoms with Gasteiger partial charge in [-0.15, -0.1) is 0 Å². The fourth-order valence-corrected chi connectivity index (χ4v) is 4.47. The van der Waals surface area contributed by atoms with E-state index in [2.05, 4.69) is 5.32 Å². The Morgan fingerprint density at radius 3 is 2.58 bits per heavy atom. The maximum atomic E-state index is 13.3. The van der Waals surface area contributed by atoms with Crippen LogP contribution in [0.5, 0.6) is 5.75 Å². The Bertz CT molecular complexity index is 771. The van der Waals surface area contributed by atoms with Crippen LogP contribution >= 0.6 is 0 Å². The molecule has 1 heterocycles. The Morgan fingerprint density at radius 2 is 1.88 bits per heavy atom. The molecule has 2 aromatic rings. The molecule has 2 unspecified atom stereocenters. The molecule has 2 atom stereocenters. The summed E-state index contributed by atoms with van der Waals surface area (Å²) in [4.78, 5) is 0. The number of methoxy groups -OCH3 is 2. The molecule has 1 aliphatic rings. The number of hydrogen-bond acceptors (Lipinski definition) is 4. The van der Waals surface area contributed by atoms with Crippen molar-refractivity contribution in [3.63, 3.8) is 0 Å². The van der Waals surface area contributed by atoms with E-state index in [4.69, 9.17) is 9.47 Å². The topological polar surface area (TPSA) is 54.0 Å². The number of anilines is 3. The zero-order valence-electron chi connectivity index (χ0n) is 15.3.